The van der Waals surface area contributed by atoms with Gasteiger partial charge in [0.25, 0.3) is 5.91 Å². The molecule has 0 aliphatic carbocycles. The Hall–Kier alpha value is -5.29. The standard InChI is InChI=1S/C35H39N5O6/c1-22-19-40(23(2)21-41)33(42)29-18-26(37-34(43)36-25-12-15-27(45-4)16-13-25)14-17-31(29)46-32(22)20-39(3)35(44)38-30-11-7-9-24-8-5-6-10-28(24)30/h5-18,22-23,32,41H,19-21H2,1-4H3,(H,38,44)(H2,36,37,43)/t22-,23-,32+/m0/s1. The average Bonchev–Trinajstić information content (AvgIpc) is 3.06. The molecule has 0 spiro atoms. The maximum absolute atomic E-state index is 13.8. The lowest BCUT2D eigenvalue weighted by Crippen LogP contribution is -2.50. The normalized spacial score (nSPS) is 16.7. The van der Waals surface area contributed by atoms with Gasteiger partial charge >= 0.3 is 12.1 Å². The molecule has 240 valence electrons. The maximum atomic E-state index is 13.8. The van der Waals surface area contributed by atoms with Crippen LogP contribution < -0.4 is 25.4 Å². The summed E-state index contributed by atoms with van der Waals surface area (Å²) in [5, 5.41) is 20.5. The van der Waals surface area contributed by atoms with E-state index in [1.54, 1.807) is 73.3 Å². The molecular formula is C35H39N5O6. The van der Waals surface area contributed by atoms with E-state index in [0.29, 0.717) is 35.1 Å². The summed E-state index contributed by atoms with van der Waals surface area (Å²) in [6.45, 7) is 4.02. The van der Waals surface area contributed by atoms with Gasteiger partial charge in [0, 0.05) is 36.3 Å². The number of aliphatic hydroxyl groups excluding tert-OH is 1. The number of methoxy groups -OCH3 is 1. The Morgan fingerprint density at radius 3 is 2.43 bits per heavy atom. The van der Waals surface area contributed by atoms with E-state index in [9.17, 15) is 19.5 Å². The third kappa shape index (κ3) is 7.32. The van der Waals surface area contributed by atoms with Crippen molar-refractivity contribution < 1.29 is 29.0 Å². The van der Waals surface area contributed by atoms with Gasteiger partial charge in [-0.2, -0.15) is 0 Å². The molecule has 0 aromatic heterocycles. The number of amides is 5. The molecule has 0 radical (unpaired) electrons. The molecule has 1 aliphatic rings. The van der Waals surface area contributed by atoms with Crippen LogP contribution in [0.15, 0.2) is 84.9 Å². The molecule has 1 aliphatic heterocycles. The number of anilines is 3. The van der Waals surface area contributed by atoms with Crippen molar-refractivity contribution >= 4 is 45.8 Å². The quantitative estimate of drug-likeness (QED) is 0.194. The van der Waals surface area contributed by atoms with Crippen LogP contribution in [0.2, 0.25) is 0 Å². The highest BCUT2D eigenvalue weighted by Crippen LogP contribution is 2.31. The van der Waals surface area contributed by atoms with Crippen LogP contribution in [0, 0.1) is 5.92 Å². The minimum absolute atomic E-state index is 0.188. The number of likely N-dealkylation sites (N-methyl/N-ethyl adjacent to an activating group) is 1. The van der Waals surface area contributed by atoms with Crippen LogP contribution in [0.25, 0.3) is 10.8 Å². The molecule has 5 amide bonds. The number of fused-ring (bicyclic) bond motifs is 2. The van der Waals surface area contributed by atoms with Crippen LogP contribution in [0.5, 0.6) is 11.5 Å². The van der Waals surface area contributed by atoms with E-state index >= 15 is 0 Å². The summed E-state index contributed by atoms with van der Waals surface area (Å²) in [6, 6.07) is 24.1. The lowest BCUT2D eigenvalue weighted by Gasteiger charge is -2.38. The zero-order valence-electron chi connectivity index (χ0n) is 26.3. The molecule has 0 bridgehead atoms. The topological polar surface area (TPSA) is 132 Å². The average molecular weight is 626 g/mol. The van der Waals surface area contributed by atoms with Gasteiger partial charge in [0.05, 0.1) is 37.6 Å². The third-order valence-corrected chi connectivity index (χ3v) is 8.10. The van der Waals surface area contributed by atoms with Crippen molar-refractivity contribution in [3.8, 4) is 11.5 Å². The number of hydrogen-bond acceptors (Lipinski definition) is 6. The summed E-state index contributed by atoms with van der Waals surface area (Å²) in [6.07, 6.45) is -0.485. The van der Waals surface area contributed by atoms with Crippen molar-refractivity contribution in [2.75, 3.05) is 49.8 Å². The van der Waals surface area contributed by atoms with Crippen LogP contribution in [-0.2, 0) is 0 Å². The van der Waals surface area contributed by atoms with E-state index < -0.39 is 18.2 Å². The molecule has 46 heavy (non-hydrogen) atoms. The van der Waals surface area contributed by atoms with Gasteiger partial charge < -0.3 is 40.3 Å². The summed E-state index contributed by atoms with van der Waals surface area (Å²) in [7, 11) is 3.26. The molecule has 11 nitrogen and oxygen atoms in total. The first kappa shape index (κ1) is 32.1. The van der Waals surface area contributed by atoms with Gasteiger partial charge in [-0.3, -0.25) is 4.79 Å². The Bertz CT molecular complexity index is 1710. The summed E-state index contributed by atoms with van der Waals surface area (Å²) in [4.78, 5) is 43.0. The lowest BCUT2D eigenvalue weighted by atomic mass is 9.99. The Morgan fingerprint density at radius 2 is 1.70 bits per heavy atom. The summed E-state index contributed by atoms with van der Waals surface area (Å²) >= 11 is 0. The second kappa shape index (κ2) is 14.2. The summed E-state index contributed by atoms with van der Waals surface area (Å²) in [5.74, 6) is 0.466. The summed E-state index contributed by atoms with van der Waals surface area (Å²) < 4.78 is 11.6. The van der Waals surface area contributed by atoms with Crippen molar-refractivity contribution in [2.24, 2.45) is 5.92 Å². The van der Waals surface area contributed by atoms with Gasteiger partial charge in [0.15, 0.2) is 0 Å². The number of aliphatic hydroxyl groups is 1. The molecule has 4 aromatic rings. The molecule has 0 fully saturated rings. The molecular weight excluding hydrogens is 586 g/mol. The SMILES string of the molecule is COc1ccc(NC(=O)Nc2ccc3c(c2)C(=O)N([C@@H](C)CO)C[C@H](C)[C@@H](CN(C)C(=O)Nc2cccc4ccccc24)O3)cc1. The van der Waals surface area contributed by atoms with Crippen LogP contribution in [0.1, 0.15) is 24.2 Å². The number of nitrogens with one attached hydrogen (secondary N) is 3. The molecule has 0 saturated carbocycles. The maximum Gasteiger partial charge on any atom is 0.323 e. The Balaban J connectivity index is 1.34. The van der Waals surface area contributed by atoms with Gasteiger partial charge in [-0.05, 0) is 60.8 Å². The second-order valence-electron chi connectivity index (χ2n) is 11.5. The van der Waals surface area contributed by atoms with Gasteiger partial charge in [-0.15, -0.1) is 0 Å². The predicted molar refractivity (Wildman–Crippen MR) is 179 cm³/mol. The summed E-state index contributed by atoms with van der Waals surface area (Å²) in [5.41, 5.74) is 1.89. The third-order valence-electron chi connectivity index (χ3n) is 8.10. The predicted octanol–water partition coefficient (Wildman–Crippen LogP) is 5.88. The van der Waals surface area contributed by atoms with Crippen molar-refractivity contribution in [1.29, 1.82) is 0 Å². The smallest absolute Gasteiger partial charge is 0.323 e. The zero-order chi connectivity index (χ0) is 32.8. The van der Waals surface area contributed by atoms with Crippen LogP contribution in [0.4, 0.5) is 26.7 Å². The fraction of sp³-hybridized carbons (Fsp3) is 0.286. The van der Waals surface area contributed by atoms with Crippen LogP contribution >= 0.6 is 0 Å². The van der Waals surface area contributed by atoms with Crippen LogP contribution in [0.3, 0.4) is 0 Å². The zero-order valence-corrected chi connectivity index (χ0v) is 26.3. The number of rotatable bonds is 8. The second-order valence-corrected chi connectivity index (χ2v) is 11.5. The molecule has 1 heterocycles. The van der Waals surface area contributed by atoms with E-state index in [2.05, 4.69) is 16.0 Å². The Labute approximate surface area is 268 Å². The minimum atomic E-state index is -0.491. The number of hydrogen-bond donors (Lipinski definition) is 4. The van der Waals surface area contributed by atoms with Crippen molar-refractivity contribution in [3.63, 3.8) is 0 Å². The van der Waals surface area contributed by atoms with E-state index in [1.807, 2.05) is 49.4 Å². The number of ether oxygens (including phenoxy) is 2. The molecule has 0 unspecified atom stereocenters. The van der Waals surface area contributed by atoms with Gasteiger partial charge in [0.1, 0.15) is 17.6 Å². The van der Waals surface area contributed by atoms with E-state index in [0.717, 1.165) is 10.8 Å². The first-order valence-corrected chi connectivity index (χ1v) is 15.1. The van der Waals surface area contributed by atoms with Gasteiger partial charge in [0.2, 0.25) is 0 Å². The first-order valence-electron chi connectivity index (χ1n) is 15.1. The fourth-order valence-electron chi connectivity index (χ4n) is 5.38. The van der Waals surface area contributed by atoms with Crippen molar-refractivity contribution in [3.05, 3.63) is 90.5 Å². The first-order chi connectivity index (χ1) is 22.2. The van der Waals surface area contributed by atoms with E-state index in [1.165, 1.54) is 0 Å². The Kier molecular flexibility index (Phi) is 9.92. The van der Waals surface area contributed by atoms with Crippen LogP contribution in [-0.4, -0.2) is 78.9 Å². The number of nitrogens with zero attached hydrogens (tertiary/aromatic N) is 2. The van der Waals surface area contributed by atoms with Gasteiger partial charge in [-0.1, -0.05) is 43.3 Å². The molecule has 3 atom stereocenters. The highest BCUT2D eigenvalue weighted by atomic mass is 16.5. The molecule has 11 heteroatoms. The minimum Gasteiger partial charge on any atom is -0.497 e. The van der Waals surface area contributed by atoms with Gasteiger partial charge in [-0.25, -0.2) is 9.59 Å². The highest BCUT2D eigenvalue weighted by molar-refractivity contribution is 6.03. The molecule has 5 rings (SSSR count). The number of urea groups is 2. The number of benzene rings is 4. The number of carbonyl (C=O) groups excluding carboxylic acids is 3. The Morgan fingerprint density at radius 1 is 1.00 bits per heavy atom. The monoisotopic (exact) mass is 625 g/mol. The van der Waals surface area contributed by atoms with E-state index in [-0.39, 0.29) is 36.6 Å². The molecule has 4 aromatic carbocycles. The largest absolute Gasteiger partial charge is 0.497 e. The molecule has 0 saturated heterocycles. The number of carbonyl (C=O) groups is 3. The fourth-order valence-corrected chi connectivity index (χ4v) is 5.38. The lowest BCUT2D eigenvalue weighted by molar-refractivity contribution is 0.0371. The van der Waals surface area contributed by atoms with Crippen molar-refractivity contribution in [2.45, 2.75) is 26.0 Å². The van der Waals surface area contributed by atoms with E-state index in [4.69, 9.17) is 9.47 Å². The highest BCUT2D eigenvalue weighted by Gasteiger charge is 2.34. The molecule has 4 N–H and O–H groups in total. The van der Waals surface area contributed by atoms with Crippen molar-refractivity contribution in [1.82, 2.24) is 9.80 Å².